The topological polar surface area (TPSA) is 76.2 Å². The van der Waals surface area contributed by atoms with Crippen LogP contribution in [0.15, 0.2) is 48.7 Å². The lowest BCUT2D eigenvalue weighted by Gasteiger charge is -2.32. The van der Waals surface area contributed by atoms with Gasteiger partial charge in [0.15, 0.2) is 0 Å². The van der Waals surface area contributed by atoms with Crippen LogP contribution in [0.5, 0.6) is 0 Å². The van der Waals surface area contributed by atoms with Gasteiger partial charge in [0.1, 0.15) is 5.54 Å². The van der Waals surface area contributed by atoms with E-state index < -0.39 is 11.5 Å². The normalized spacial score (nSPS) is 14.4. The first-order chi connectivity index (χ1) is 10.2. The van der Waals surface area contributed by atoms with Gasteiger partial charge in [-0.25, -0.2) is 4.79 Å². The number of benzene rings is 1. The number of aromatic nitrogens is 1. The van der Waals surface area contributed by atoms with E-state index in [0.29, 0.717) is 12.0 Å². The quantitative estimate of drug-likeness (QED) is 0.906. The molecule has 0 aliphatic heterocycles. The number of carboxylic acids is 1. The summed E-state index contributed by atoms with van der Waals surface area (Å²) in [5.74, 6) is -1.01. The molecule has 4 heteroatoms. The van der Waals surface area contributed by atoms with E-state index in [0.717, 1.165) is 11.3 Å². The molecule has 2 rings (SSSR count). The molecule has 116 valence electrons. The summed E-state index contributed by atoms with van der Waals surface area (Å²) in [6.07, 6.45) is 2.09. The first kappa shape index (κ1) is 16.2. The molecular formula is C18H22N2O2. The van der Waals surface area contributed by atoms with Crippen molar-refractivity contribution in [2.24, 2.45) is 11.1 Å². The van der Waals surface area contributed by atoms with Crippen LogP contribution in [-0.4, -0.2) is 16.1 Å². The largest absolute Gasteiger partial charge is 0.480 e. The number of pyridine rings is 1. The average Bonchev–Trinajstić information content (AvgIpc) is 2.46. The fourth-order valence-electron chi connectivity index (χ4n) is 2.61. The fourth-order valence-corrected chi connectivity index (χ4v) is 2.61. The second-order valence-corrected chi connectivity index (χ2v) is 6.81. The molecule has 0 saturated carbocycles. The van der Waals surface area contributed by atoms with Gasteiger partial charge in [-0.1, -0.05) is 51.1 Å². The highest BCUT2D eigenvalue weighted by atomic mass is 16.4. The molecule has 0 unspecified atom stereocenters. The van der Waals surface area contributed by atoms with Crippen molar-refractivity contribution >= 4 is 5.97 Å². The summed E-state index contributed by atoms with van der Waals surface area (Å²) in [6.45, 7) is 5.96. The van der Waals surface area contributed by atoms with Gasteiger partial charge in [0, 0.05) is 11.8 Å². The van der Waals surface area contributed by atoms with Crippen molar-refractivity contribution in [1.29, 1.82) is 0 Å². The van der Waals surface area contributed by atoms with Gasteiger partial charge in [-0.2, -0.15) is 0 Å². The van der Waals surface area contributed by atoms with Gasteiger partial charge in [0.25, 0.3) is 0 Å². The molecular weight excluding hydrogens is 276 g/mol. The zero-order chi connectivity index (χ0) is 16.4. The first-order valence-corrected chi connectivity index (χ1v) is 7.27. The zero-order valence-corrected chi connectivity index (χ0v) is 13.2. The SMILES string of the molecule is CC(C)(C)C[C@](N)(C(=O)O)c1ccc(-c2ccccn2)cc1. The van der Waals surface area contributed by atoms with Crippen molar-refractivity contribution in [3.05, 3.63) is 54.2 Å². The molecule has 0 amide bonds. The summed E-state index contributed by atoms with van der Waals surface area (Å²) < 4.78 is 0. The molecule has 0 radical (unpaired) electrons. The Morgan fingerprint density at radius 2 is 1.77 bits per heavy atom. The van der Waals surface area contributed by atoms with Crippen LogP contribution in [0.4, 0.5) is 0 Å². The molecule has 2 aromatic rings. The number of nitrogens with zero attached hydrogens (tertiary/aromatic N) is 1. The highest BCUT2D eigenvalue weighted by Crippen LogP contribution is 2.34. The maximum Gasteiger partial charge on any atom is 0.328 e. The van der Waals surface area contributed by atoms with Crippen LogP contribution in [0.3, 0.4) is 0 Å². The van der Waals surface area contributed by atoms with E-state index in [4.69, 9.17) is 5.73 Å². The summed E-state index contributed by atoms with van der Waals surface area (Å²) in [6, 6.07) is 13.0. The Bertz CT molecular complexity index is 645. The van der Waals surface area contributed by atoms with Crippen molar-refractivity contribution in [2.75, 3.05) is 0 Å². The summed E-state index contributed by atoms with van der Waals surface area (Å²) in [5.41, 5.74) is 7.04. The second kappa shape index (κ2) is 5.89. The maximum absolute atomic E-state index is 11.7. The van der Waals surface area contributed by atoms with Gasteiger partial charge < -0.3 is 10.8 Å². The summed E-state index contributed by atoms with van der Waals surface area (Å²) in [4.78, 5) is 16.0. The molecule has 0 bridgehead atoms. The maximum atomic E-state index is 11.7. The van der Waals surface area contributed by atoms with E-state index in [9.17, 15) is 9.90 Å². The molecule has 4 nitrogen and oxygen atoms in total. The van der Waals surface area contributed by atoms with Crippen molar-refractivity contribution in [2.45, 2.75) is 32.7 Å². The molecule has 1 heterocycles. The first-order valence-electron chi connectivity index (χ1n) is 7.27. The van der Waals surface area contributed by atoms with Gasteiger partial charge >= 0.3 is 5.97 Å². The minimum atomic E-state index is -1.39. The number of aliphatic carboxylic acids is 1. The van der Waals surface area contributed by atoms with E-state index in [2.05, 4.69) is 4.98 Å². The fraction of sp³-hybridized carbons (Fsp3) is 0.333. The number of carboxylic acid groups (broad SMARTS) is 1. The molecule has 1 atom stereocenters. The predicted octanol–water partition coefficient (Wildman–Crippen LogP) is 3.42. The van der Waals surface area contributed by atoms with Crippen LogP contribution in [0, 0.1) is 5.41 Å². The van der Waals surface area contributed by atoms with E-state index >= 15 is 0 Å². The van der Waals surface area contributed by atoms with Crippen LogP contribution >= 0.6 is 0 Å². The summed E-state index contributed by atoms with van der Waals surface area (Å²) in [5, 5.41) is 9.60. The Labute approximate surface area is 131 Å². The van der Waals surface area contributed by atoms with E-state index in [1.165, 1.54) is 0 Å². The van der Waals surface area contributed by atoms with Crippen LogP contribution in [0.1, 0.15) is 32.8 Å². The van der Waals surface area contributed by atoms with Crippen LogP contribution in [0.2, 0.25) is 0 Å². The van der Waals surface area contributed by atoms with Gasteiger partial charge in [-0.3, -0.25) is 4.98 Å². The average molecular weight is 298 g/mol. The van der Waals surface area contributed by atoms with E-state index in [1.54, 1.807) is 18.3 Å². The Balaban J connectivity index is 2.37. The highest BCUT2D eigenvalue weighted by molar-refractivity contribution is 5.81. The zero-order valence-electron chi connectivity index (χ0n) is 13.2. The lowest BCUT2D eigenvalue weighted by molar-refractivity contribution is -0.145. The van der Waals surface area contributed by atoms with Crippen LogP contribution in [0.25, 0.3) is 11.3 Å². The second-order valence-electron chi connectivity index (χ2n) is 6.81. The third-order valence-electron chi connectivity index (χ3n) is 3.55. The number of hydrogen-bond acceptors (Lipinski definition) is 3. The molecule has 3 N–H and O–H groups in total. The Kier molecular flexibility index (Phi) is 4.33. The predicted molar refractivity (Wildman–Crippen MR) is 87.2 cm³/mol. The molecule has 0 aliphatic rings. The van der Waals surface area contributed by atoms with Gasteiger partial charge in [0.2, 0.25) is 0 Å². The van der Waals surface area contributed by atoms with Crippen molar-refractivity contribution < 1.29 is 9.90 Å². The number of nitrogens with two attached hydrogens (primary N) is 1. The summed E-state index contributed by atoms with van der Waals surface area (Å²) >= 11 is 0. The number of hydrogen-bond donors (Lipinski definition) is 2. The molecule has 0 aliphatic carbocycles. The monoisotopic (exact) mass is 298 g/mol. The summed E-state index contributed by atoms with van der Waals surface area (Å²) in [7, 11) is 0. The lowest BCUT2D eigenvalue weighted by Crippen LogP contribution is -2.47. The van der Waals surface area contributed by atoms with Crippen LogP contribution < -0.4 is 5.73 Å². The molecule has 0 saturated heterocycles. The molecule has 0 fully saturated rings. The van der Waals surface area contributed by atoms with Gasteiger partial charge in [0.05, 0.1) is 5.69 Å². The lowest BCUT2D eigenvalue weighted by atomic mass is 9.76. The molecule has 0 spiro atoms. The van der Waals surface area contributed by atoms with Crippen molar-refractivity contribution in [3.63, 3.8) is 0 Å². The minimum absolute atomic E-state index is 0.188. The minimum Gasteiger partial charge on any atom is -0.480 e. The smallest absolute Gasteiger partial charge is 0.328 e. The molecule has 1 aromatic carbocycles. The van der Waals surface area contributed by atoms with E-state index in [1.807, 2.05) is 51.1 Å². The van der Waals surface area contributed by atoms with Crippen LogP contribution in [-0.2, 0) is 10.3 Å². The third kappa shape index (κ3) is 3.52. The number of carbonyl (C=O) groups is 1. The Morgan fingerprint density at radius 1 is 1.14 bits per heavy atom. The number of rotatable bonds is 4. The standard InChI is InChI=1S/C18H22N2O2/c1-17(2,3)12-18(19,16(21)22)14-9-7-13(8-10-14)15-6-4-5-11-20-15/h4-11H,12,19H2,1-3H3,(H,21,22)/t18-/m1/s1. The Morgan fingerprint density at radius 3 is 2.23 bits per heavy atom. The van der Waals surface area contributed by atoms with Crippen molar-refractivity contribution in [3.8, 4) is 11.3 Å². The van der Waals surface area contributed by atoms with Crippen molar-refractivity contribution in [1.82, 2.24) is 4.98 Å². The molecule has 22 heavy (non-hydrogen) atoms. The van der Waals surface area contributed by atoms with E-state index in [-0.39, 0.29) is 5.41 Å². The Hall–Kier alpha value is -2.20. The highest BCUT2D eigenvalue weighted by Gasteiger charge is 2.39. The third-order valence-corrected chi connectivity index (χ3v) is 3.55. The van der Waals surface area contributed by atoms with Gasteiger partial charge in [-0.05, 0) is 29.5 Å². The van der Waals surface area contributed by atoms with Gasteiger partial charge in [-0.15, -0.1) is 0 Å². The molecule has 1 aromatic heterocycles.